The average Bonchev–Trinajstić information content (AvgIpc) is 2.35. The normalized spacial score (nSPS) is 9.82. The first-order valence-corrected chi connectivity index (χ1v) is 4.99. The van der Waals surface area contributed by atoms with Crippen molar-refractivity contribution in [2.45, 2.75) is 0 Å². The van der Waals surface area contributed by atoms with E-state index in [-0.39, 0.29) is 0 Å². The number of ether oxygens (including phenoxy) is 1. The minimum atomic E-state index is -1.07. The molecule has 0 aliphatic heterocycles. The van der Waals surface area contributed by atoms with E-state index in [1.807, 2.05) is 30.3 Å². The summed E-state index contributed by atoms with van der Waals surface area (Å²) in [6, 6.07) is 12.9. The zero-order valence-electron chi connectivity index (χ0n) is 8.88. The molecular formula is C13H9NO3. The van der Waals surface area contributed by atoms with Crippen molar-refractivity contribution in [1.29, 1.82) is 5.26 Å². The second-order valence-corrected chi connectivity index (χ2v) is 3.45. The molecule has 2 aromatic rings. The van der Waals surface area contributed by atoms with Crippen LogP contribution >= 0.6 is 0 Å². The Morgan fingerprint density at radius 3 is 2.76 bits per heavy atom. The number of nitriles is 1. The van der Waals surface area contributed by atoms with Gasteiger partial charge < -0.3 is 9.84 Å². The summed E-state index contributed by atoms with van der Waals surface area (Å²) in [7, 11) is 0. The van der Waals surface area contributed by atoms with Crippen LogP contribution in [-0.2, 0) is 4.79 Å². The van der Waals surface area contributed by atoms with E-state index < -0.39 is 12.6 Å². The average molecular weight is 227 g/mol. The van der Waals surface area contributed by atoms with E-state index in [0.717, 1.165) is 10.8 Å². The summed E-state index contributed by atoms with van der Waals surface area (Å²) in [6.45, 7) is -0.451. The third-order valence-electron chi connectivity index (χ3n) is 2.35. The Kier molecular flexibility index (Phi) is 2.93. The lowest BCUT2D eigenvalue weighted by Crippen LogP contribution is -2.10. The van der Waals surface area contributed by atoms with Crippen LogP contribution in [0.15, 0.2) is 36.4 Å². The Morgan fingerprint density at radius 1 is 1.29 bits per heavy atom. The van der Waals surface area contributed by atoms with Crippen molar-refractivity contribution in [1.82, 2.24) is 0 Å². The Hall–Kier alpha value is -2.54. The molecule has 0 fully saturated rings. The molecule has 0 aromatic heterocycles. The highest BCUT2D eigenvalue weighted by atomic mass is 16.5. The van der Waals surface area contributed by atoms with Crippen LogP contribution in [0.1, 0.15) is 5.56 Å². The van der Waals surface area contributed by atoms with E-state index in [4.69, 9.17) is 15.1 Å². The van der Waals surface area contributed by atoms with Gasteiger partial charge in [-0.15, -0.1) is 0 Å². The molecule has 84 valence electrons. The summed E-state index contributed by atoms with van der Waals surface area (Å²) in [5.74, 6) is -0.768. The summed E-state index contributed by atoms with van der Waals surface area (Å²) in [5.41, 5.74) is 0.365. The number of carboxylic acids is 1. The molecule has 4 heteroatoms. The predicted octanol–water partition coefficient (Wildman–Crippen LogP) is 2.17. The first kappa shape index (κ1) is 11.0. The van der Waals surface area contributed by atoms with E-state index in [0.29, 0.717) is 11.3 Å². The maximum Gasteiger partial charge on any atom is 0.341 e. The number of hydrogen-bond acceptors (Lipinski definition) is 3. The van der Waals surface area contributed by atoms with Crippen LogP contribution in [0.2, 0.25) is 0 Å². The second-order valence-electron chi connectivity index (χ2n) is 3.45. The minimum absolute atomic E-state index is 0.300. The Bertz CT molecular complexity index is 614. The van der Waals surface area contributed by atoms with Crippen molar-refractivity contribution in [2.24, 2.45) is 0 Å². The number of benzene rings is 2. The number of hydrogen-bond donors (Lipinski definition) is 1. The van der Waals surface area contributed by atoms with E-state index in [1.54, 1.807) is 12.1 Å². The summed E-state index contributed by atoms with van der Waals surface area (Å²) in [5, 5.41) is 19.3. The maximum atomic E-state index is 10.4. The van der Waals surface area contributed by atoms with E-state index >= 15 is 0 Å². The molecule has 0 saturated carbocycles. The fourth-order valence-electron chi connectivity index (χ4n) is 1.63. The van der Waals surface area contributed by atoms with Gasteiger partial charge in [0.05, 0.1) is 0 Å². The number of carbonyl (C=O) groups is 1. The SMILES string of the molecule is N#Cc1c(OCC(=O)O)ccc2ccccc12. The third kappa shape index (κ3) is 2.18. The molecule has 2 aromatic carbocycles. The molecule has 0 spiro atoms. The highest BCUT2D eigenvalue weighted by Crippen LogP contribution is 2.27. The van der Waals surface area contributed by atoms with Gasteiger partial charge in [0, 0.05) is 5.39 Å². The van der Waals surface area contributed by atoms with E-state index in [1.165, 1.54) is 0 Å². The fraction of sp³-hybridized carbons (Fsp3) is 0.0769. The van der Waals surface area contributed by atoms with Crippen LogP contribution in [0.25, 0.3) is 10.8 Å². The predicted molar refractivity (Wildman–Crippen MR) is 61.8 cm³/mol. The van der Waals surface area contributed by atoms with Crippen molar-refractivity contribution in [3.05, 3.63) is 42.0 Å². The molecule has 0 aliphatic rings. The molecule has 0 saturated heterocycles. The minimum Gasteiger partial charge on any atom is -0.481 e. The third-order valence-corrected chi connectivity index (χ3v) is 2.35. The van der Waals surface area contributed by atoms with Crippen molar-refractivity contribution < 1.29 is 14.6 Å². The largest absolute Gasteiger partial charge is 0.481 e. The number of carboxylic acid groups (broad SMARTS) is 1. The smallest absolute Gasteiger partial charge is 0.341 e. The highest BCUT2D eigenvalue weighted by molar-refractivity contribution is 5.90. The van der Waals surface area contributed by atoms with Crippen molar-refractivity contribution in [3.8, 4) is 11.8 Å². The monoisotopic (exact) mass is 227 g/mol. The van der Waals surface area contributed by atoms with Gasteiger partial charge in [0.2, 0.25) is 0 Å². The van der Waals surface area contributed by atoms with Crippen molar-refractivity contribution in [3.63, 3.8) is 0 Å². The lowest BCUT2D eigenvalue weighted by atomic mass is 10.0. The first-order valence-electron chi connectivity index (χ1n) is 4.99. The summed E-state index contributed by atoms with van der Waals surface area (Å²) in [4.78, 5) is 10.4. The van der Waals surface area contributed by atoms with Crippen LogP contribution in [0.5, 0.6) is 5.75 Å². The summed E-state index contributed by atoms with van der Waals surface area (Å²) < 4.78 is 5.08. The van der Waals surface area contributed by atoms with Gasteiger partial charge in [0.15, 0.2) is 6.61 Å². The van der Waals surface area contributed by atoms with Gasteiger partial charge in [-0.1, -0.05) is 30.3 Å². The lowest BCUT2D eigenvalue weighted by Gasteiger charge is -2.07. The number of fused-ring (bicyclic) bond motifs is 1. The van der Waals surface area contributed by atoms with E-state index in [2.05, 4.69) is 0 Å². The fourth-order valence-corrected chi connectivity index (χ4v) is 1.63. The van der Waals surface area contributed by atoms with E-state index in [9.17, 15) is 4.79 Å². The quantitative estimate of drug-likeness (QED) is 0.872. The highest BCUT2D eigenvalue weighted by Gasteiger charge is 2.09. The molecule has 0 unspecified atom stereocenters. The van der Waals surface area contributed by atoms with Gasteiger partial charge in [-0.3, -0.25) is 0 Å². The standard InChI is InChI=1S/C13H9NO3/c14-7-11-10-4-2-1-3-9(10)5-6-12(11)17-8-13(15)16/h1-6H,8H2,(H,15,16). The molecule has 0 aliphatic carbocycles. The molecule has 0 heterocycles. The van der Waals surface area contributed by atoms with Crippen LogP contribution in [-0.4, -0.2) is 17.7 Å². The molecule has 0 radical (unpaired) electrons. The number of aliphatic carboxylic acids is 1. The molecule has 0 amide bonds. The van der Waals surface area contributed by atoms with Crippen LogP contribution in [0.4, 0.5) is 0 Å². The Labute approximate surface area is 97.7 Å². The molecule has 0 atom stereocenters. The summed E-state index contributed by atoms with van der Waals surface area (Å²) >= 11 is 0. The topological polar surface area (TPSA) is 70.3 Å². The second kappa shape index (κ2) is 4.54. The molecule has 4 nitrogen and oxygen atoms in total. The zero-order chi connectivity index (χ0) is 12.3. The van der Waals surface area contributed by atoms with Crippen molar-refractivity contribution >= 4 is 16.7 Å². The maximum absolute atomic E-state index is 10.4. The summed E-state index contributed by atoms with van der Waals surface area (Å²) in [6.07, 6.45) is 0. The molecule has 0 bridgehead atoms. The van der Waals surface area contributed by atoms with Gasteiger partial charge in [0.25, 0.3) is 0 Å². The molecule has 2 rings (SSSR count). The molecule has 1 N–H and O–H groups in total. The number of rotatable bonds is 3. The van der Waals surface area contributed by atoms with Crippen LogP contribution in [0, 0.1) is 11.3 Å². The van der Waals surface area contributed by atoms with Gasteiger partial charge in [-0.05, 0) is 11.5 Å². The Balaban J connectivity index is 2.50. The number of nitrogens with zero attached hydrogens (tertiary/aromatic N) is 1. The van der Waals surface area contributed by atoms with Gasteiger partial charge in [-0.2, -0.15) is 5.26 Å². The van der Waals surface area contributed by atoms with Gasteiger partial charge >= 0.3 is 5.97 Å². The van der Waals surface area contributed by atoms with Gasteiger partial charge in [-0.25, -0.2) is 4.79 Å². The first-order chi connectivity index (χ1) is 8.22. The zero-order valence-corrected chi connectivity index (χ0v) is 8.88. The van der Waals surface area contributed by atoms with Crippen LogP contribution < -0.4 is 4.74 Å². The molecular weight excluding hydrogens is 218 g/mol. The molecule has 17 heavy (non-hydrogen) atoms. The Morgan fingerprint density at radius 2 is 2.06 bits per heavy atom. The van der Waals surface area contributed by atoms with Crippen LogP contribution in [0.3, 0.4) is 0 Å². The lowest BCUT2D eigenvalue weighted by molar-refractivity contribution is -0.139. The van der Waals surface area contributed by atoms with Gasteiger partial charge in [0.1, 0.15) is 17.4 Å². The van der Waals surface area contributed by atoms with Crippen molar-refractivity contribution in [2.75, 3.05) is 6.61 Å².